The minimum absolute atomic E-state index is 0.0753. The van der Waals surface area contributed by atoms with Gasteiger partial charge in [-0.05, 0) is 70.6 Å². The van der Waals surface area contributed by atoms with Crippen LogP contribution in [0.2, 0.25) is 0 Å². The van der Waals surface area contributed by atoms with E-state index < -0.39 is 75.7 Å². The fourth-order valence-corrected chi connectivity index (χ4v) is 7.86. The van der Waals surface area contributed by atoms with Crippen molar-refractivity contribution in [1.29, 1.82) is 0 Å². The minimum Gasteiger partial charge on any atom is -0.462 e. The number of aliphatic hydroxyl groups is 5. The van der Waals surface area contributed by atoms with E-state index in [1.165, 1.54) is 57.8 Å². The normalized spacial score (nSPS) is 22.4. The third-order valence-corrected chi connectivity index (χ3v) is 11.6. The average molecular weight is 887 g/mol. The Hall–Kier alpha value is -2.19. The monoisotopic (exact) mass is 887 g/mol. The molecule has 14 heteroatoms. The molecule has 0 amide bonds. The number of allylic oxidation sites excluding steroid dienone is 8. The molecule has 0 radical (unpaired) electrons. The number of phosphoric ester groups is 1. The Kier molecular flexibility index (Phi) is 34.7. The molecule has 1 rings (SSSR count). The number of rotatable bonds is 38. The Morgan fingerprint density at radius 1 is 0.525 bits per heavy atom. The molecule has 0 spiro atoms. The number of esters is 2. The number of aliphatic hydroxyl groups excluding tert-OH is 5. The molecule has 354 valence electrons. The van der Waals surface area contributed by atoms with Crippen LogP contribution in [0.25, 0.3) is 0 Å². The Bertz CT molecular complexity index is 1250. The van der Waals surface area contributed by atoms with Crippen LogP contribution in [0.1, 0.15) is 181 Å². The second-order valence-corrected chi connectivity index (χ2v) is 17.6. The summed E-state index contributed by atoms with van der Waals surface area (Å²) in [6, 6.07) is 0. The number of phosphoric acid groups is 1. The number of hydrogen-bond acceptors (Lipinski definition) is 12. The van der Waals surface area contributed by atoms with Gasteiger partial charge in [-0.25, -0.2) is 4.57 Å². The largest absolute Gasteiger partial charge is 0.472 e. The molecule has 0 aromatic carbocycles. The standard InChI is InChI=1S/C47H83O13P/c1-3-5-7-9-11-13-15-17-19-20-22-23-25-27-29-31-33-35-40(48)57-37-39(38-58-61(55,56)60-47-45(53)43(51)42(50)44(52)46(47)54)59-41(49)36-34-32-30-28-26-24-21-18-16-14-12-10-8-6-4-2/h6,8,12,14,17-19,21,39,42-47,50-54H,3-5,7,9-11,13,15-16,20,22-38H2,1-2H3,(H,55,56)/b8-6+,14-12+,19-17+,21-18+/t39-,42?,43-,44?,45?,46?,47?/m0/s1. The summed E-state index contributed by atoms with van der Waals surface area (Å²) < 4.78 is 33.5. The lowest BCUT2D eigenvalue weighted by Gasteiger charge is -2.41. The Morgan fingerprint density at radius 2 is 0.934 bits per heavy atom. The summed E-state index contributed by atoms with van der Waals surface area (Å²) >= 11 is 0. The summed E-state index contributed by atoms with van der Waals surface area (Å²) in [5, 5.41) is 50.1. The number of ether oxygens (including phenoxy) is 2. The van der Waals surface area contributed by atoms with Gasteiger partial charge in [-0.15, -0.1) is 0 Å². The highest BCUT2D eigenvalue weighted by molar-refractivity contribution is 7.47. The molecule has 1 fully saturated rings. The maximum absolute atomic E-state index is 12.8. The molecule has 1 aliphatic carbocycles. The molecule has 0 aromatic rings. The van der Waals surface area contributed by atoms with Gasteiger partial charge in [0.1, 0.15) is 43.2 Å². The van der Waals surface area contributed by atoms with E-state index in [4.69, 9.17) is 18.5 Å². The predicted octanol–water partition coefficient (Wildman–Crippen LogP) is 9.17. The molecule has 0 bridgehead atoms. The van der Waals surface area contributed by atoms with Crippen LogP contribution in [0, 0.1) is 0 Å². The van der Waals surface area contributed by atoms with E-state index in [1.807, 2.05) is 0 Å². The molecule has 6 N–H and O–H groups in total. The number of unbranched alkanes of at least 4 members (excludes halogenated alkanes) is 18. The summed E-state index contributed by atoms with van der Waals surface area (Å²) in [5.74, 6) is -1.12. The van der Waals surface area contributed by atoms with Crippen LogP contribution in [0.3, 0.4) is 0 Å². The molecule has 0 aliphatic heterocycles. The van der Waals surface area contributed by atoms with E-state index >= 15 is 0 Å². The highest BCUT2D eigenvalue weighted by atomic mass is 31.2. The fraction of sp³-hybridized carbons (Fsp3) is 0.787. The van der Waals surface area contributed by atoms with E-state index in [2.05, 4.69) is 62.5 Å². The molecule has 1 saturated carbocycles. The Morgan fingerprint density at radius 3 is 1.44 bits per heavy atom. The first kappa shape index (κ1) is 56.8. The molecule has 61 heavy (non-hydrogen) atoms. The first-order valence-electron chi connectivity index (χ1n) is 23.4. The summed E-state index contributed by atoms with van der Waals surface area (Å²) in [4.78, 5) is 35.7. The van der Waals surface area contributed by atoms with Crippen LogP contribution >= 0.6 is 7.82 Å². The lowest BCUT2D eigenvalue weighted by atomic mass is 9.85. The fourth-order valence-electron chi connectivity index (χ4n) is 6.88. The van der Waals surface area contributed by atoms with Crippen LogP contribution in [-0.4, -0.2) is 98.3 Å². The zero-order valence-electron chi connectivity index (χ0n) is 37.4. The maximum atomic E-state index is 12.8. The lowest BCUT2D eigenvalue weighted by Crippen LogP contribution is -2.64. The van der Waals surface area contributed by atoms with Crippen molar-refractivity contribution in [2.24, 2.45) is 0 Å². The first-order valence-corrected chi connectivity index (χ1v) is 24.9. The van der Waals surface area contributed by atoms with Gasteiger partial charge >= 0.3 is 19.8 Å². The van der Waals surface area contributed by atoms with Crippen molar-refractivity contribution in [3.63, 3.8) is 0 Å². The summed E-state index contributed by atoms with van der Waals surface area (Å²) in [6.07, 6.45) is 30.2. The van der Waals surface area contributed by atoms with Crippen LogP contribution in [-0.2, 0) is 32.7 Å². The van der Waals surface area contributed by atoms with Gasteiger partial charge in [-0.1, -0.05) is 146 Å². The van der Waals surface area contributed by atoms with E-state index in [1.54, 1.807) is 0 Å². The van der Waals surface area contributed by atoms with Crippen molar-refractivity contribution in [3.8, 4) is 0 Å². The summed E-state index contributed by atoms with van der Waals surface area (Å²) in [5.41, 5.74) is 0. The molecule has 0 heterocycles. The van der Waals surface area contributed by atoms with Gasteiger partial charge in [0.25, 0.3) is 0 Å². The van der Waals surface area contributed by atoms with Crippen LogP contribution in [0.15, 0.2) is 48.6 Å². The summed E-state index contributed by atoms with van der Waals surface area (Å²) in [7, 11) is -5.12. The smallest absolute Gasteiger partial charge is 0.462 e. The third kappa shape index (κ3) is 29.7. The predicted molar refractivity (Wildman–Crippen MR) is 239 cm³/mol. The number of carbonyl (C=O) groups excluding carboxylic acids is 2. The molecule has 0 saturated heterocycles. The van der Waals surface area contributed by atoms with Gasteiger partial charge in [-0.2, -0.15) is 0 Å². The van der Waals surface area contributed by atoms with E-state index in [9.17, 15) is 44.6 Å². The molecular weight excluding hydrogens is 803 g/mol. The van der Waals surface area contributed by atoms with Crippen molar-refractivity contribution in [1.82, 2.24) is 0 Å². The quantitative estimate of drug-likeness (QED) is 0.0148. The highest BCUT2D eigenvalue weighted by Crippen LogP contribution is 2.47. The highest BCUT2D eigenvalue weighted by Gasteiger charge is 2.51. The SMILES string of the molecule is CC/C=C/C/C=C/C/C=C/CCCCCCCC(=O)O[C@@H](COC(=O)CCCCCCCCC/C=C/CCCCCCCC)COP(=O)(O)OC1C(O)C(O)C(O)[C@H](O)C1O. The van der Waals surface area contributed by atoms with Crippen molar-refractivity contribution < 1.29 is 63.1 Å². The number of carbonyl (C=O) groups is 2. The van der Waals surface area contributed by atoms with Gasteiger partial charge < -0.3 is 39.9 Å². The van der Waals surface area contributed by atoms with Crippen molar-refractivity contribution >= 4 is 19.8 Å². The zero-order chi connectivity index (χ0) is 45.0. The van der Waals surface area contributed by atoms with E-state index in [0.29, 0.717) is 12.8 Å². The Labute approximate surface area is 367 Å². The second-order valence-electron chi connectivity index (χ2n) is 16.2. The molecule has 0 aromatic heterocycles. The van der Waals surface area contributed by atoms with Crippen molar-refractivity contribution in [3.05, 3.63) is 48.6 Å². The molecule has 13 nitrogen and oxygen atoms in total. The first-order chi connectivity index (χ1) is 29.4. The van der Waals surface area contributed by atoms with Crippen molar-refractivity contribution in [2.45, 2.75) is 224 Å². The van der Waals surface area contributed by atoms with Crippen molar-refractivity contribution in [2.75, 3.05) is 13.2 Å². The molecule has 6 unspecified atom stereocenters. The van der Waals surface area contributed by atoms with Gasteiger partial charge in [0.05, 0.1) is 6.61 Å². The van der Waals surface area contributed by atoms with Gasteiger partial charge in [0.15, 0.2) is 6.10 Å². The molecule has 8 atom stereocenters. The van der Waals surface area contributed by atoms with Gasteiger partial charge in [-0.3, -0.25) is 18.6 Å². The van der Waals surface area contributed by atoms with Gasteiger partial charge in [0.2, 0.25) is 0 Å². The average Bonchev–Trinajstić information content (AvgIpc) is 3.24. The topological polar surface area (TPSA) is 210 Å². The minimum atomic E-state index is -5.12. The summed E-state index contributed by atoms with van der Waals surface area (Å²) in [6.45, 7) is 3.16. The van der Waals surface area contributed by atoms with Crippen LogP contribution in [0.4, 0.5) is 0 Å². The second kappa shape index (κ2) is 37.2. The molecule has 1 aliphatic rings. The molecular formula is C47H83O13P. The van der Waals surface area contributed by atoms with E-state index in [0.717, 1.165) is 83.5 Å². The Balaban J connectivity index is 2.46. The van der Waals surface area contributed by atoms with Crippen LogP contribution in [0.5, 0.6) is 0 Å². The van der Waals surface area contributed by atoms with Gasteiger partial charge in [0, 0.05) is 12.8 Å². The number of hydrogen-bond donors (Lipinski definition) is 6. The third-order valence-electron chi connectivity index (χ3n) is 10.7. The maximum Gasteiger partial charge on any atom is 0.472 e. The zero-order valence-corrected chi connectivity index (χ0v) is 38.3. The van der Waals surface area contributed by atoms with E-state index in [-0.39, 0.29) is 12.8 Å². The van der Waals surface area contributed by atoms with Crippen LogP contribution < -0.4 is 0 Å². The lowest BCUT2D eigenvalue weighted by molar-refractivity contribution is -0.220.